The number of nitrogens with zero attached hydrogens (tertiary/aromatic N) is 2. The van der Waals surface area contributed by atoms with E-state index in [0.29, 0.717) is 0 Å². The number of hydrogen-bond donors (Lipinski definition) is 1. The molecule has 5 heteroatoms. The van der Waals surface area contributed by atoms with Crippen molar-refractivity contribution in [1.82, 2.24) is 15.1 Å². The number of aromatic nitrogens is 2. The lowest BCUT2D eigenvalue weighted by Gasteiger charge is -2.11. The van der Waals surface area contributed by atoms with Gasteiger partial charge < -0.3 is 4.74 Å². The second-order valence-corrected chi connectivity index (χ2v) is 4.39. The van der Waals surface area contributed by atoms with Crippen LogP contribution < -0.4 is 5.32 Å². The molecule has 0 amide bonds. The van der Waals surface area contributed by atoms with Crippen molar-refractivity contribution < 1.29 is 4.74 Å². The van der Waals surface area contributed by atoms with Crippen LogP contribution in [0.4, 0.5) is 0 Å². The highest BCUT2D eigenvalue weighted by Crippen LogP contribution is 2.22. The minimum absolute atomic E-state index is 0.122. The monoisotopic (exact) mass is 267 g/mol. The van der Waals surface area contributed by atoms with Crippen LogP contribution in [0.5, 0.6) is 0 Å². The van der Waals surface area contributed by atoms with E-state index in [1.807, 2.05) is 29.1 Å². The molecular weight excluding hydrogens is 258 g/mol. The number of hydrogen-bond acceptors (Lipinski definition) is 3. The molecule has 1 aliphatic rings. The zero-order chi connectivity index (χ0) is 10.3. The Morgan fingerprint density at radius 2 is 2.47 bits per heavy atom. The predicted octanol–water partition coefficient (Wildman–Crippen LogP) is 1.87. The maximum Gasteiger partial charge on any atom is 0.206 e. The van der Waals surface area contributed by atoms with Gasteiger partial charge in [-0.1, -0.05) is 15.9 Å². The normalized spacial score (nSPS) is 21.3. The topological polar surface area (TPSA) is 39.1 Å². The van der Waals surface area contributed by atoms with Crippen molar-refractivity contribution in [2.45, 2.75) is 6.35 Å². The molecule has 78 valence electrons. The summed E-state index contributed by atoms with van der Waals surface area (Å²) in [6.07, 6.45) is 1.73. The van der Waals surface area contributed by atoms with Crippen LogP contribution in [0, 0.1) is 0 Å². The van der Waals surface area contributed by atoms with E-state index in [1.165, 1.54) is 0 Å². The lowest BCUT2D eigenvalue weighted by molar-refractivity contribution is 0.0380. The van der Waals surface area contributed by atoms with Crippen LogP contribution in [0.1, 0.15) is 6.35 Å². The predicted molar refractivity (Wildman–Crippen MR) is 60.4 cm³/mol. The van der Waals surface area contributed by atoms with E-state index in [-0.39, 0.29) is 6.35 Å². The van der Waals surface area contributed by atoms with Gasteiger partial charge in [-0.2, -0.15) is 5.10 Å². The SMILES string of the molecule is Brc1ccc2c(cnn2C2NCCO2)c1. The van der Waals surface area contributed by atoms with Crippen LogP contribution in [0.2, 0.25) is 0 Å². The van der Waals surface area contributed by atoms with Gasteiger partial charge >= 0.3 is 0 Å². The summed E-state index contributed by atoms with van der Waals surface area (Å²) in [4.78, 5) is 0. The van der Waals surface area contributed by atoms with E-state index in [1.54, 1.807) is 0 Å². The maximum atomic E-state index is 5.51. The molecule has 1 atom stereocenters. The number of ether oxygens (including phenoxy) is 1. The summed E-state index contributed by atoms with van der Waals surface area (Å²) in [5, 5.41) is 8.67. The summed E-state index contributed by atoms with van der Waals surface area (Å²) >= 11 is 3.44. The van der Waals surface area contributed by atoms with E-state index in [9.17, 15) is 0 Å². The first-order valence-corrected chi connectivity index (χ1v) is 5.62. The second-order valence-electron chi connectivity index (χ2n) is 3.47. The lowest BCUT2D eigenvalue weighted by Crippen LogP contribution is -2.21. The molecule has 1 saturated heterocycles. The quantitative estimate of drug-likeness (QED) is 0.858. The molecule has 3 rings (SSSR count). The highest BCUT2D eigenvalue weighted by molar-refractivity contribution is 9.10. The molecule has 1 N–H and O–H groups in total. The van der Waals surface area contributed by atoms with Gasteiger partial charge in [0, 0.05) is 16.4 Å². The Kier molecular flexibility index (Phi) is 2.23. The largest absolute Gasteiger partial charge is 0.342 e. The molecule has 0 bridgehead atoms. The third-order valence-corrected chi connectivity index (χ3v) is 2.97. The first kappa shape index (κ1) is 9.33. The molecule has 2 heterocycles. The average Bonchev–Trinajstić information content (AvgIpc) is 2.82. The molecule has 1 aromatic carbocycles. The summed E-state index contributed by atoms with van der Waals surface area (Å²) in [5.41, 5.74) is 1.08. The fourth-order valence-corrected chi connectivity index (χ4v) is 2.16. The fraction of sp³-hybridized carbons (Fsp3) is 0.300. The second kappa shape index (κ2) is 3.59. The van der Waals surface area contributed by atoms with Gasteiger partial charge in [0.15, 0.2) is 0 Å². The standard InChI is InChI=1S/C10H10BrN3O/c11-8-1-2-9-7(5-8)6-13-14(9)10-12-3-4-15-10/h1-2,5-6,10,12H,3-4H2. The number of nitrogens with one attached hydrogen (secondary N) is 1. The van der Waals surface area contributed by atoms with Crippen molar-refractivity contribution in [2.75, 3.05) is 13.2 Å². The first-order valence-electron chi connectivity index (χ1n) is 4.82. The highest BCUT2D eigenvalue weighted by atomic mass is 79.9. The van der Waals surface area contributed by atoms with Crippen molar-refractivity contribution in [1.29, 1.82) is 0 Å². The molecule has 15 heavy (non-hydrogen) atoms. The summed E-state index contributed by atoms with van der Waals surface area (Å²) < 4.78 is 8.45. The van der Waals surface area contributed by atoms with Crippen molar-refractivity contribution in [3.05, 3.63) is 28.9 Å². The van der Waals surface area contributed by atoms with Gasteiger partial charge in [-0.05, 0) is 18.2 Å². The zero-order valence-electron chi connectivity index (χ0n) is 7.98. The Labute approximate surface area is 95.3 Å². The zero-order valence-corrected chi connectivity index (χ0v) is 9.57. The molecule has 1 unspecified atom stereocenters. The lowest BCUT2D eigenvalue weighted by atomic mass is 10.3. The molecule has 0 radical (unpaired) electrons. The molecule has 4 nitrogen and oxygen atoms in total. The van der Waals surface area contributed by atoms with Gasteiger partial charge in [-0.3, -0.25) is 5.32 Å². The molecule has 1 aliphatic heterocycles. The number of benzene rings is 1. The number of rotatable bonds is 1. The fourth-order valence-electron chi connectivity index (χ4n) is 1.78. The van der Waals surface area contributed by atoms with Gasteiger partial charge in [0.2, 0.25) is 6.35 Å². The molecule has 1 fully saturated rings. The summed E-state index contributed by atoms with van der Waals surface area (Å²) in [6.45, 7) is 1.62. The Morgan fingerprint density at radius 3 is 3.27 bits per heavy atom. The smallest absolute Gasteiger partial charge is 0.206 e. The average molecular weight is 268 g/mol. The Bertz CT molecular complexity index is 490. The third kappa shape index (κ3) is 1.56. The molecular formula is C10H10BrN3O. The van der Waals surface area contributed by atoms with Gasteiger partial charge in [0.05, 0.1) is 18.3 Å². The minimum Gasteiger partial charge on any atom is -0.342 e. The van der Waals surface area contributed by atoms with Crippen molar-refractivity contribution in [2.24, 2.45) is 0 Å². The van der Waals surface area contributed by atoms with Crippen molar-refractivity contribution >= 4 is 26.8 Å². The van der Waals surface area contributed by atoms with Crippen LogP contribution in [-0.4, -0.2) is 22.9 Å². The van der Waals surface area contributed by atoms with E-state index in [0.717, 1.165) is 28.5 Å². The van der Waals surface area contributed by atoms with E-state index >= 15 is 0 Å². The van der Waals surface area contributed by atoms with Crippen molar-refractivity contribution in [3.8, 4) is 0 Å². The Balaban J connectivity index is 2.11. The van der Waals surface area contributed by atoms with Crippen LogP contribution >= 0.6 is 15.9 Å². The van der Waals surface area contributed by atoms with E-state index in [4.69, 9.17) is 4.74 Å². The van der Waals surface area contributed by atoms with Gasteiger partial charge in [0.25, 0.3) is 0 Å². The molecule has 0 aliphatic carbocycles. The van der Waals surface area contributed by atoms with Gasteiger partial charge in [0.1, 0.15) is 0 Å². The summed E-state index contributed by atoms with van der Waals surface area (Å²) in [6, 6.07) is 6.10. The van der Waals surface area contributed by atoms with Crippen molar-refractivity contribution in [3.63, 3.8) is 0 Å². The van der Waals surface area contributed by atoms with Crippen LogP contribution in [-0.2, 0) is 4.74 Å². The van der Waals surface area contributed by atoms with Gasteiger partial charge in [-0.15, -0.1) is 0 Å². The third-order valence-electron chi connectivity index (χ3n) is 2.48. The first-order chi connectivity index (χ1) is 7.34. The molecule has 2 aromatic rings. The minimum atomic E-state index is -0.122. The molecule has 0 spiro atoms. The highest BCUT2D eigenvalue weighted by Gasteiger charge is 2.18. The van der Waals surface area contributed by atoms with Crippen LogP contribution in [0.15, 0.2) is 28.9 Å². The maximum absolute atomic E-state index is 5.51. The summed E-state index contributed by atoms with van der Waals surface area (Å²) in [7, 11) is 0. The molecule has 1 aromatic heterocycles. The molecule has 0 saturated carbocycles. The number of fused-ring (bicyclic) bond motifs is 1. The number of halogens is 1. The van der Waals surface area contributed by atoms with Gasteiger partial charge in [-0.25, -0.2) is 4.68 Å². The summed E-state index contributed by atoms with van der Waals surface area (Å²) in [5.74, 6) is 0. The van der Waals surface area contributed by atoms with Crippen LogP contribution in [0.3, 0.4) is 0 Å². The van der Waals surface area contributed by atoms with Crippen LogP contribution in [0.25, 0.3) is 10.9 Å². The Hall–Kier alpha value is -0.910. The van der Waals surface area contributed by atoms with E-state index in [2.05, 4.69) is 26.3 Å². The van der Waals surface area contributed by atoms with E-state index < -0.39 is 0 Å². The Morgan fingerprint density at radius 1 is 1.53 bits per heavy atom.